The van der Waals surface area contributed by atoms with Crippen molar-refractivity contribution in [3.63, 3.8) is 0 Å². The first-order valence-corrected chi connectivity index (χ1v) is 6.49. The number of benzene rings is 2. The van der Waals surface area contributed by atoms with Crippen molar-refractivity contribution in [1.29, 1.82) is 0 Å². The van der Waals surface area contributed by atoms with E-state index in [1.54, 1.807) is 24.3 Å². The van der Waals surface area contributed by atoms with E-state index in [-0.39, 0.29) is 17.4 Å². The summed E-state index contributed by atoms with van der Waals surface area (Å²) in [6.07, 6.45) is -0.0958. The van der Waals surface area contributed by atoms with Gasteiger partial charge in [-0.1, -0.05) is 12.1 Å². The molecule has 1 N–H and O–H groups in total. The van der Waals surface area contributed by atoms with Crippen LogP contribution in [0.15, 0.2) is 42.5 Å². The quantitative estimate of drug-likeness (QED) is 0.924. The molecule has 0 aliphatic carbocycles. The molecule has 0 aliphatic heterocycles. The van der Waals surface area contributed by atoms with Crippen molar-refractivity contribution in [2.24, 2.45) is 0 Å². The molecule has 0 fully saturated rings. The fourth-order valence-electron chi connectivity index (χ4n) is 1.79. The smallest absolute Gasteiger partial charge is 0.259 e. The van der Waals surface area contributed by atoms with E-state index in [1.807, 2.05) is 13.8 Å². The number of carbonyl (C=O) groups is 1. The van der Waals surface area contributed by atoms with Gasteiger partial charge >= 0.3 is 0 Å². The van der Waals surface area contributed by atoms with Gasteiger partial charge in [0.2, 0.25) is 0 Å². The van der Waals surface area contributed by atoms with E-state index in [0.29, 0.717) is 11.8 Å². The number of rotatable bonds is 4. The Labute approximate surface area is 121 Å². The summed E-state index contributed by atoms with van der Waals surface area (Å²) in [6.45, 7) is 3.68. The Morgan fingerprint density at radius 1 is 1.14 bits per heavy atom. The molecule has 0 heterocycles. The molecule has 0 bridgehead atoms. The van der Waals surface area contributed by atoms with E-state index < -0.39 is 17.5 Å². The van der Waals surface area contributed by atoms with E-state index in [9.17, 15) is 13.6 Å². The van der Waals surface area contributed by atoms with Gasteiger partial charge in [0.1, 0.15) is 17.4 Å². The number of para-hydroxylation sites is 1. The molecule has 0 spiro atoms. The molecular formula is C16H15F2NO2. The molecule has 0 saturated heterocycles. The van der Waals surface area contributed by atoms with Crippen molar-refractivity contribution < 1.29 is 18.3 Å². The van der Waals surface area contributed by atoms with Crippen molar-refractivity contribution in [3.8, 4) is 5.75 Å². The second kappa shape index (κ2) is 6.35. The first kappa shape index (κ1) is 15.0. The van der Waals surface area contributed by atoms with Crippen LogP contribution in [0.4, 0.5) is 14.5 Å². The first-order chi connectivity index (χ1) is 9.97. The average molecular weight is 291 g/mol. The van der Waals surface area contributed by atoms with Gasteiger partial charge in [0.05, 0.1) is 17.4 Å². The monoisotopic (exact) mass is 291 g/mol. The number of ether oxygens (including phenoxy) is 1. The zero-order valence-corrected chi connectivity index (χ0v) is 11.7. The molecule has 1 amide bonds. The molecule has 2 rings (SSSR count). The molecule has 0 atom stereocenters. The topological polar surface area (TPSA) is 38.3 Å². The van der Waals surface area contributed by atoms with E-state index in [0.717, 1.165) is 6.07 Å². The summed E-state index contributed by atoms with van der Waals surface area (Å²) in [5, 5.41) is 2.41. The Bertz CT molecular complexity index is 656. The molecule has 21 heavy (non-hydrogen) atoms. The lowest BCUT2D eigenvalue weighted by atomic mass is 10.1. The fraction of sp³-hybridized carbons (Fsp3) is 0.188. The van der Waals surface area contributed by atoms with Crippen LogP contribution < -0.4 is 10.1 Å². The third kappa shape index (κ3) is 3.78. The Morgan fingerprint density at radius 3 is 2.52 bits per heavy atom. The molecule has 0 aromatic heterocycles. The highest BCUT2D eigenvalue weighted by Gasteiger charge is 2.15. The Hall–Kier alpha value is -2.43. The molecule has 3 nitrogen and oxygen atoms in total. The van der Waals surface area contributed by atoms with E-state index in [1.165, 1.54) is 6.07 Å². The van der Waals surface area contributed by atoms with Crippen LogP contribution in [0.3, 0.4) is 0 Å². The van der Waals surface area contributed by atoms with Crippen LogP contribution in [0.5, 0.6) is 5.75 Å². The molecule has 110 valence electrons. The summed E-state index contributed by atoms with van der Waals surface area (Å²) < 4.78 is 31.9. The van der Waals surface area contributed by atoms with Gasteiger partial charge in [0, 0.05) is 6.07 Å². The third-order valence-electron chi connectivity index (χ3n) is 2.67. The normalized spacial score (nSPS) is 10.5. The number of hydrogen-bond donors (Lipinski definition) is 1. The zero-order chi connectivity index (χ0) is 15.4. The van der Waals surface area contributed by atoms with Crippen LogP contribution in [0.25, 0.3) is 0 Å². The van der Waals surface area contributed by atoms with Crippen LogP contribution in [0.1, 0.15) is 24.2 Å². The van der Waals surface area contributed by atoms with Crippen LogP contribution in [-0.4, -0.2) is 12.0 Å². The van der Waals surface area contributed by atoms with Gasteiger partial charge in [0.25, 0.3) is 5.91 Å². The molecule has 0 radical (unpaired) electrons. The molecule has 0 unspecified atom stereocenters. The Kier molecular flexibility index (Phi) is 4.52. The van der Waals surface area contributed by atoms with Crippen molar-refractivity contribution in [2.75, 3.05) is 5.32 Å². The number of hydrogen-bond acceptors (Lipinski definition) is 2. The fourth-order valence-corrected chi connectivity index (χ4v) is 1.79. The zero-order valence-electron chi connectivity index (χ0n) is 11.7. The van der Waals surface area contributed by atoms with E-state index >= 15 is 0 Å². The summed E-state index contributed by atoms with van der Waals surface area (Å²) in [7, 11) is 0. The first-order valence-electron chi connectivity index (χ1n) is 6.49. The van der Waals surface area contributed by atoms with Gasteiger partial charge in [-0.05, 0) is 38.1 Å². The Morgan fingerprint density at radius 2 is 1.86 bits per heavy atom. The molecule has 2 aromatic rings. The van der Waals surface area contributed by atoms with Crippen molar-refractivity contribution in [2.45, 2.75) is 20.0 Å². The van der Waals surface area contributed by atoms with Gasteiger partial charge in [-0.25, -0.2) is 8.78 Å². The predicted molar refractivity (Wildman–Crippen MR) is 76.5 cm³/mol. The van der Waals surface area contributed by atoms with E-state index in [2.05, 4.69) is 5.32 Å². The van der Waals surface area contributed by atoms with Crippen LogP contribution >= 0.6 is 0 Å². The maximum Gasteiger partial charge on any atom is 0.259 e. The minimum absolute atomic E-state index is 0.0826. The van der Waals surface area contributed by atoms with Crippen LogP contribution in [0, 0.1) is 11.6 Å². The highest BCUT2D eigenvalue weighted by molar-refractivity contribution is 6.06. The third-order valence-corrected chi connectivity index (χ3v) is 2.67. The largest absolute Gasteiger partial charge is 0.490 e. The molecular weight excluding hydrogens is 276 g/mol. The maximum atomic E-state index is 13.6. The highest BCUT2D eigenvalue weighted by Crippen LogP contribution is 2.22. The minimum Gasteiger partial charge on any atom is -0.490 e. The number of amides is 1. The van der Waals surface area contributed by atoms with Crippen molar-refractivity contribution in [3.05, 3.63) is 59.7 Å². The van der Waals surface area contributed by atoms with Crippen molar-refractivity contribution >= 4 is 11.6 Å². The number of nitrogens with one attached hydrogen (secondary N) is 1. The maximum absolute atomic E-state index is 13.6. The minimum atomic E-state index is -0.828. The molecule has 5 heteroatoms. The highest BCUT2D eigenvalue weighted by atomic mass is 19.1. The lowest BCUT2D eigenvalue weighted by molar-refractivity contribution is 0.102. The number of carbonyl (C=O) groups excluding carboxylic acids is 1. The van der Waals surface area contributed by atoms with Gasteiger partial charge < -0.3 is 10.1 Å². The summed E-state index contributed by atoms with van der Waals surface area (Å²) in [5.41, 5.74) is 0.204. The predicted octanol–water partition coefficient (Wildman–Crippen LogP) is 4.00. The van der Waals surface area contributed by atoms with Crippen LogP contribution in [0.2, 0.25) is 0 Å². The van der Waals surface area contributed by atoms with Gasteiger partial charge in [-0.2, -0.15) is 0 Å². The summed E-state index contributed by atoms with van der Waals surface area (Å²) >= 11 is 0. The summed E-state index contributed by atoms with van der Waals surface area (Å²) in [4.78, 5) is 12.2. The summed E-state index contributed by atoms with van der Waals surface area (Å²) in [6, 6.07) is 9.64. The van der Waals surface area contributed by atoms with Crippen molar-refractivity contribution in [1.82, 2.24) is 0 Å². The lowest BCUT2D eigenvalue weighted by Crippen LogP contribution is -2.16. The summed E-state index contributed by atoms with van der Waals surface area (Å²) in [5.74, 6) is -1.64. The standard InChI is InChI=1S/C16H15F2NO2/c1-10(2)21-15-6-4-3-5-12(15)16(20)19-14-8-7-11(17)9-13(14)18/h3-10H,1-2H3,(H,19,20). The van der Waals surface area contributed by atoms with Gasteiger partial charge in [0.15, 0.2) is 0 Å². The molecule has 2 aromatic carbocycles. The van der Waals surface area contributed by atoms with Gasteiger partial charge in [-0.3, -0.25) is 4.79 Å². The van der Waals surface area contributed by atoms with Crippen LogP contribution in [-0.2, 0) is 0 Å². The Balaban J connectivity index is 2.24. The second-order valence-corrected chi connectivity index (χ2v) is 4.74. The average Bonchev–Trinajstić information content (AvgIpc) is 2.42. The molecule has 0 aliphatic rings. The molecule has 0 saturated carbocycles. The second-order valence-electron chi connectivity index (χ2n) is 4.74. The number of anilines is 1. The number of halogens is 2. The SMILES string of the molecule is CC(C)Oc1ccccc1C(=O)Nc1ccc(F)cc1F. The van der Waals surface area contributed by atoms with Gasteiger partial charge in [-0.15, -0.1) is 0 Å². The van der Waals surface area contributed by atoms with E-state index in [4.69, 9.17) is 4.74 Å². The lowest BCUT2D eigenvalue weighted by Gasteiger charge is -2.14.